The van der Waals surface area contributed by atoms with Crippen LogP contribution in [0.2, 0.25) is 10.0 Å². The summed E-state index contributed by atoms with van der Waals surface area (Å²) in [6.45, 7) is 3.37. The molecular formula is C34H30Cl2N2O7S. The molecule has 1 aliphatic rings. The zero-order valence-corrected chi connectivity index (χ0v) is 27.7. The zero-order valence-electron chi connectivity index (χ0n) is 25.4. The molecular weight excluding hydrogens is 651 g/mol. The zero-order chi connectivity index (χ0) is 33.2. The molecule has 0 saturated carbocycles. The fourth-order valence-electron chi connectivity index (χ4n) is 5.02. The normalized spacial score (nSPS) is 14.5. The average molecular weight is 682 g/mol. The lowest BCUT2D eigenvalue weighted by Gasteiger charge is -2.22. The van der Waals surface area contributed by atoms with Crippen LogP contribution in [0.4, 0.5) is 5.69 Å². The fourth-order valence-corrected chi connectivity index (χ4v) is 6.74. The molecule has 0 radical (unpaired) electrons. The first-order chi connectivity index (χ1) is 21.9. The highest BCUT2D eigenvalue weighted by molar-refractivity contribution is 7.89. The Morgan fingerprint density at radius 1 is 0.913 bits per heavy atom. The van der Waals surface area contributed by atoms with Gasteiger partial charge in [0, 0.05) is 17.9 Å². The van der Waals surface area contributed by atoms with Crippen LogP contribution in [0.25, 0.3) is 6.08 Å². The first-order valence-electron chi connectivity index (χ1n) is 14.0. The van der Waals surface area contributed by atoms with Gasteiger partial charge >= 0.3 is 5.97 Å². The highest BCUT2D eigenvalue weighted by Gasteiger charge is 2.38. The minimum atomic E-state index is -3.99. The average Bonchev–Trinajstić information content (AvgIpc) is 3.58. The highest BCUT2D eigenvalue weighted by atomic mass is 35.5. The standard InChI is InChI=1S/C34H30Cl2N2O7S/c1-21-5-14-28(15-6-21)46(41,42)37(19-23-7-16-30(35)31(36)17-23)20-27-13-12-26(45-27)18-29-32(34(40)44-4)22(2)38(33(29)39)24-8-10-25(43-3)11-9-24/h5-18H,19-20H2,1-4H3/b29-18+. The van der Waals surface area contributed by atoms with Crippen molar-refractivity contribution in [1.29, 1.82) is 0 Å². The van der Waals surface area contributed by atoms with Crippen molar-refractivity contribution in [3.63, 3.8) is 0 Å². The van der Waals surface area contributed by atoms with E-state index < -0.39 is 21.9 Å². The third-order valence-corrected chi connectivity index (χ3v) is 9.97. The van der Waals surface area contributed by atoms with Gasteiger partial charge in [0.15, 0.2) is 0 Å². The Hall–Kier alpha value is -4.35. The van der Waals surface area contributed by atoms with E-state index in [9.17, 15) is 18.0 Å². The number of aryl methyl sites for hydroxylation is 1. The topological polar surface area (TPSA) is 106 Å². The molecule has 0 saturated heterocycles. The summed E-state index contributed by atoms with van der Waals surface area (Å²) >= 11 is 12.3. The molecule has 4 aromatic rings. The van der Waals surface area contributed by atoms with Gasteiger partial charge in [-0.1, -0.05) is 47.0 Å². The summed E-state index contributed by atoms with van der Waals surface area (Å²) in [5.74, 6) is 0.0227. The number of hydrogen-bond donors (Lipinski definition) is 0. The lowest BCUT2D eigenvalue weighted by atomic mass is 10.1. The molecule has 1 aromatic heterocycles. The Morgan fingerprint density at radius 3 is 2.24 bits per heavy atom. The minimum Gasteiger partial charge on any atom is -0.497 e. The first kappa shape index (κ1) is 33.0. The molecule has 0 spiro atoms. The lowest BCUT2D eigenvalue weighted by Crippen LogP contribution is -2.30. The van der Waals surface area contributed by atoms with E-state index in [2.05, 4.69) is 0 Å². The number of halogens is 2. The van der Waals surface area contributed by atoms with Crippen molar-refractivity contribution in [2.75, 3.05) is 19.1 Å². The summed E-state index contributed by atoms with van der Waals surface area (Å²) in [5.41, 5.74) is 2.62. The maximum absolute atomic E-state index is 13.8. The van der Waals surface area contributed by atoms with Crippen LogP contribution >= 0.6 is 23.2 Å². The van der Waals surface area contributed by atoms with Crippen LogP contribution in [0.1, 0.15) is 29.6 Å². The number of sulfonamides is 1. The van der Waals surface area contributed by atoms with Crippen molar-refractivity contribution in [2.24, 2.45) is 0 Å². The summed E-state index contributed by atoms with van der Waals surface area (Å²) in [4.78, 5) is 28.1. The summed E-state index contributed by atoms with van der Waals surface area (Å²) < 4.78 is 45.2. The lowest BCUT2D eigenvalue weighted by molar-refractivity contribution is -0.136. The van der Waals surface area contributed by atoms with Gasteiger partial charge in [-0.3, -0.25) is 9.69 Å². The first-order valence-corrected chi connectivity index (χ1v) is 16.2. The van der Waals surface area contributed by atoms with Gasteiger partial charge in [-0.05, 0) is 86.2 Å². The van der Waals surface area contributed by atoms with Crippen molar-refractivity contribution < 1.29 is 31.9 Å². The summed E-state index contributed by atoms with van der Waals surface area (Å²) in [6, 6.07) is 21.5. The molecule has 9 nitrogen and oxygen atoms in total. The maximum atomic E-state index is 13.8. The molecule has 0 aliphatic carbocycles. The molecule has 2 heterocycles. The predicted octanol–water partition coefficient (Wildman–Crippen LogP) is 7.17. The Bertz CT molecular complexity index is 1970. The molecule has 1 amide bonds. The Labute approximate surface area is 277 Å². The molecule has 0 N–H and O–H groups in total. The van der Waals surface area contributed by atoms with E-state index in [0.717, 1.165) is 5.56 Å². The molecule has 0 bridgehead atoms. The third-order valence-electron chi connectivity index (χ3n) is 7.42. The van der Waals surface area contributed by atoms with Crippen molar-refractivity contribution in [3.8, 4) is 5.75 Å². The van der Waals surface area contributed by atoms with Gasteiger partial charge in [-0.2, -0.15) is 4.31 Å². The Kier molecular flexibility index (Phi) is 9.74. The Balaban J connectivity index is 1.48. The number of furan rings is 1. The predicted molar refractivity (Wildman–Crippen MR) is 176 cm³/mol. The largest absolute Gasteiger partial charge is 0.497 e. The summed E-state index contributed by atoms with van der Waals surface area (Å²) in [5, 5.41) is 0.651. The number of benzene rings is 3. The van der Waals surface area contributed by atoms with E-state index in [-0.39, 0.29) is 34.9 Å². The van der Waals surface area contributed by atoms with E-state index >= 15 is 0 Å². The van der Waals surface area contributed by atoms with Crippen molar-refractivity contribution in [3.05, 3.63) is 128 Å². The molecule has 12 heteroatoms. The van der Waals surface area contributed by atoms with Gasteiger partial charge in [-0.25, -0.2) is 13.2 Å². The molecule has 0 unspecified atom stereocenters. The van der Waals surface area contributed by atoms with Gasteiger partial charge in [0.1, 0.15) is 17.3 Å². The maximum Gasteiger partial charge on any atom is 0.340 e. The minimum absolute atomic E-state index is 0.0199. The van der Waals surface area contributed by atoms with Gasteiger partial charge < -0.3 is 13.9 Å². The molecule has 0 fully saturated rings. The van der Waals surface area contributed by atoms with Crippen LogP contribution in [0.15, 0.2) is 105 Å². The van der Waals surface area contributed by atoms with Gasteiger partial charge in [-0.15, -0.1) is 0 Å². The van der Waals surface area contributed by atoms with E-state index in [0.29, 0.717) is 38.5 Å². The van der Waals surface area contributed by atoms with E-state index in [4.69, 9.17) is 37.1 Å². The van der Waals surface area contributed by atoms with Crippen LogP contribution in [0.5, 0.6) is 5.75 Å². The quantitative estimate of drug-likeness (QED) is 0.129. The van der Waals surface area contributed by atoms with Crippen LogP contribution in [0.3, 0.4) is 0 Å². The number of methoxy groups -OCH3 is 2. The summed E-state index contributed by atoms with van der Waals surface area (Å²) in [7, 11) is -1.21. The van der Waals surface area contributed by atoms with E-state index in [1.807, 2.05) is 6.92 Å². The van der Waals surface area contributed by atoms with Crippen LogP contribution in [-0.4, -0.2) is 38.8 Å². The number of nitrogens with zero attached hydrogens (tertiary/aromatic N) is 2. The van der Waals surface area contributed by atoms with Crippen molar-refractivity contribution >= 4 is 56.9 Å². The molecule has 1 aliphatic heterocycles. The number of rotatable bonds is 10. The van der Waals surface area contributed by atoms with Crippen LogP contribution < -0.4 is 9.64 Å². The highest BCUT2D eigenvalue weighted by Crippen LogP contribution is 2.36. The van der Waals surface area contributed by atoms with E-state index in [1.165, 1.54) is 22.4 Å². The van der Waals surface area contributed by atoms with Gasteiger partial charge in [0.25, 0.3) is 5.91 Å². The van der Waals surface area contributed by atoms with Crippen molar-refractivity contribution in [2.45, 2.75) is 31.8 Å². The number of allylic oxidation sites excluding steroid dienone is 1. The van der Waals surface area contributed by atoms with E-state index in [1.54, 1.807) is 92.9 Å². The van der Waals surface area contributed by atoms with Gasteiger partial charge in [0.2, 0.25) is 10.0 Å². The molecule has 5 rings (SSSR count). The number of amides is 1. The summed E-state index contributed by atoms with van der Waals surface area (Å²) in [6.07, 6.45) is 1.45. The number of carbonyl (C=O) groups excluding carboxylic acids is 2. The SMILES string of the molecule is COC(=O)C1=C(C)N(c2ccc(OC)cc2)C(=O)/C1=C/c1ccc(CN(Cc2ccc(Cl)c(Cl)c2)S(=O)(=O)c2ccc(C)cc2)o1. The second kappa shape index (κ2) is 13.6. The second-order valence-electron chi connectivity index (χ2n) is 10.5. The fraction of sp³-hybridized carbons (Fsp3) is 0.176. The van der Waals surface area contributed by atoms with Crippen molar-refractivity contribution in [1.82, 2.24) is 4.31 Å². The van der Waals surface area contributed by atoms with Crippen LogP contribution in [-0.2, 0) is 37.4 Å². The third kappa shape index (κ3) is 6.75. The smallest absolute Gasteiger partial charge is 0.340 e. The second-order valence-corrected chi connectivity index (χ2v) is 13.2. The number of hydrogen-bond acceptors (Lipinski definition) is 7. The number of anilines is 1. The number of ether oxygens (including phenoxy) is 2. The molecule has 0 atom stereocenters. The van der Waals surface area contributed by atoms with Gasteiger partial charge in [0.05, 0.1) is 46.9 Å². The number of carbonyl (C=O) groups is 2. The molecule has 3 aromatic carbocycles. The van der Waals surface area contributed by atoms with Crippen LogP contribution in [0, 0.1) is 6.92 Å². The number of esters is 1. The molecule has 46 heavy (non-hydrogen) atoms. The monoisotopic (exact) mass is 680 g/mol. The molecule has 238 valence electrons. The Morgan fingerprint density at radius 2 is 1.61 bits per heavy atom.